The number of carboxylic acids is 1. The van der Waals surface area contributed by atoms with Gasteiger partial charge in [0.15, 0.2) is 0 Å². The van der Waals surface area contributed by atoms with Crippen molar-refractivity contribution in [2.45, 2.75) is 84.6 Å². The van der Waals surface area contributed by atoms with Crippen molar-refractivity contribution in [2.75, 3.05) is 26.2 Å². The Labute approximate surface area is 457 Å². The number of hydrogen-bond donors (Lipinski definition) is 7. The number of carbonyl (C=O) groups is 1. The monoisotopic (exact) mass is 1070 g/mol. The molecule has 79 heavy (non-hydrogen) atoms. The molecule has 0 saturated heterocycles. The summed E-state index contributed by atoms with van der Waals surface area (Å²) in [5, 5.41) is 32.2. The molecule has 4 aromatic carbocycles. The summed E-state index contributed by atoms with van der Waals surface area (Å²) in [5.74, 6) is -1.02. The van der Waals surface area contributed by atoms with Crippen LogP contribution < -0.4 is 32.4 Å². The zero-order chi connectivity index (χ0) is 56.2. The number of hydrogen-bond acceptors (Lipinski definition) is 13. The number of aliphatic carboxylic acids is 1. The van der Waals surface area contributed by atoms with Gasteiger partial charge in [0.05, 0.1) is 22.8 Å². The predicted octanol–water partition coefficient (Wildman–Crippen LogP) is 9.10. The average molecular weight is 1080 g/mol. The minimum absolute atomic E-state index is 0.194. The third-order valence-electron chi connectivity index (χ3n) is 13.5. The number of halogens is 3. The van der Waals surface area contributed by atoms with Crippen LogP contribution >= 0.6 is 0 Å². The summed E-state index contributed by atoms with van der Waals surface area (Å²) in [6.45, 7) is 6.23. The van der Waals surface area contributed by atoms with Crippen molar-refractivity contribution in [1.29, 1.82) is 0 Å². The molecule has 1 aliphatic carbocycles. The molecular formula is C62H65F3N8O6. The number of aromatic hydroxyl groups is 2. The highest BCUT2D eigenvalue weighted by Crippen LogP contribution is 2.41. The molecule has 14 nitrogen and oxygen atoms in total. The highest BCUT2D eigenvalue weighted by atomic mass is 19.4. The largest absolute Gasteiger partial charge is 0.507 e. The normalized spacial score (nSPS) is 12.1. The van der Waals surface area contributed by atoms with Crippen molar-refractivity contribution in [3.05, 3.63) is 211 Å². The van der Waals surface area contributed by atoms with E-state index >= 15 is 0 Å². The Bertz CT molecular complexity index is 3080. The Hall–Kier alpha value is -8.22. The average Bonchev–Trinajstić information content (AvgIpc) is 3.45. The summed E-state index contributed by atoms with van der Waals surface area (Å²) < 4.78 is 45.6. The minimum atomic E-state index is -5.08. The van der Waals surface area contributed by atoms with Gasteiger partial charge >= 0.3 is 12.1 Å². The second-order valence-electron chi connectivity index (χ2n) is 19.8. The molecule has 0 fully saturated rings. The van der Waals surface area contributed by atoms with Gasteiger partial charge in [-0.3, -0.25) is 19.9 Å². The van der Waals surface area contributed by atoms with E-state index in [4.69, 9.17) is 52.3 Å². The van der Waals surface area contributed by atoms with Crippen LogP contribution in [0.4, 0.5) is 13.2 Å². The molecule has 0 radical (unpaired) electrons. The van der Waals surface area contributed by atoms with Gasteiger partial charge in [-0.1, -0.05) is 72.8 Å². The molecule has 0 amide bonds. The SMILES string of the molecule is Cc1ccc(-c2ccc(COc3c4cc(CCN)cc3Cc3cc(CCN)cc(c3O)Cc3cc(CCN)cc(c3OCc3ccc(-c5ccc(C)cn5)nc3)Cc3cc(CCN)cc(c3O)C4)cn2)nc1.O=C(O)C(F)(F)F. The lowest BCUT2D eigenvalue weighted by molar-refractivity contribution is -0.192. The third kappa shape index (κ3) is 14.7. The zero-order valence-corrected chi connectivity index (χ0v) is 44.2. The van der Waals surface area contributed by atoms with Crippen LogP contribution in [-0.2, 0) is 69.4 Å². The Morgan fingerprint density at radius 1 is 0.456 bits per heavy atom. The van der Waals surface area contributed by atoms with Crippen LogP contribution in [0, 0.1) is 13.8 Å². The summed E-state index contributed by atoms with van der Waals surface area (Å²) >= 11 is 0. The van der Waals surface area contributed by atoms with Crippen molar-refractivity contribution in [3.8, 4) is 45.8 Å². The summed E-state index contributed by atoms with van der Waals surface area (Å²) in [6, 6.07) is 32.7. The molecule has 0 aliphatic heterocycles. The fraction of sp³-hybridized carbons (Fsp3) is 0.274. The number of fused-ring (bicyclic) bond motifs is 8. The van der Waals surface area contributed by atoms with Crippen molar-refractivity contribution in [2.24, 2.45) is 22.9 Å². The summed E-state index contributed by atoms with van der Waals surface area (Å²) in [4.78, 5) is 27.5. The van der Waals surface area contributed by atoms with E-state index in [1.807, 2.05) is 87.2 Å². The maximum Gasteiger partial charge on any atom is 0.490 e. The quantitative estimate of drug-likeness (QED) is 0.0477. The van der Waals surface area contributed by atoms with Gasteiger partial charge in [0, 0.05) is 61.6 Å². The van der Waals surface area contributed by atoms with E-state index in [1.165, 1.54) is 0 Å². The second-order valence-corrected chi connectivity index (χ2v) is 19.8. The summed E-state index contributed by atoms with van der Waals surface area (Å²) in [7, 11) is 0. The molecular weight excluding hydrogens is 1010 g/mol. The van der Waals surface area contributed by atoms with Crippen LogP contribution in [0.5, 0.6) is 23.0 Å². The van der Waals surface area contributed by atoms with E-state index in [1.54, 1.807) is 0 Å². The fourth-order valence-electron chi connectivity index (χ4n) is 9.69. The Morgan fingerprint density at radius 2 is 0.722 bits per heavy atom. The fourth-order valence-corrected chi connectivity index (χ4v) is 9.69. The van der Waals surface area contributed by atoms with Crippen molar-refractivity contribution >= 4 is 5.97 Å². The topological polar surface area (TPSA) is 252 Å². The van der Waals surface area contributed by atoms with Crippen molar-refractivity contribution < 1.29 is 42.8 Å². The molecule has 4 aromatic heterocycles. The van der Waals surface area contributed by atoms with Gasteiger partial charge < -0.3 is 47.7 Å². The maximum atomic E-state index is 12.5. The molecule has 0 atom stereocenters. The van der Waals surface area contributed by atoms with Crippen LogP contribution in [-0.4, -0.2) is 73.6 Å². The first-order valence-electron chi connectivity index (χ1n) is 26.1. The Balaban J connectivity index is 0.00000110. The molecule has 9 rings (SSSR count). The molecule has 4 heterocycles. The smallest absolute Gasteiger partial charge is 0.490 e. The molecule has 8 aromatic rings. The van der Waals surface area contributed by atoms with Gasteiger partial charge in [0.25, 0.3) is 0 Å². The summed E-state index contributed by atoms with van der Waals surface area (Å²) in [6.07, 6.45) is 6.11. The molecule has 17 heteroatoms. The van der Waals surface area contributed by atoms with Crippen LogP contribution in [0.15, 0.2) is 122 Å². The lowest BCUT2D eigenvalue weighted by Crippen LogP contribution is -2.21. The number of nitrogens with zero attached hydrogens (tertiary/aromatic N) is 4. The van der Waals surface area contributed by atoms with E-state index < -0.39 is 12.1 Å². The number of aromatic nitrogens is 4. The highest BCUT2D eigenvalue weighted by molar-refractivity contribution is 5.73. The standard InChI is InChI=1S/C60H64N8O4.C2HF3O2/c1-37-3-7-53(65-31-37)55-9-5-43(33-67-55)35-71-59-49-23-41(13-17-63)24-50(59)28-46-20-40(12-16-62)22-48(58(46)70)30-52-26-42(14-18-64)25-51(29-47-21-39(11-15-61)19-45(27-49)57(47)69)60(52)72-36-44-6-10-56(68-34-44)54-8-4-38(2)32-66-54;3-2(4,5)1(6)7/h3-10,19-26,31-34,69-70H,11-18,27-30,35-36,61-64H2,1-2H3;(H,6,7). The van der Waals surface area contributed by atoms with E-state index in [2.05, 4.69) is 58.5 Å². The molecule has 0 spiro atoms. The maximum absolute atomic E-state index is 12.5. The number of pyridine rings is 4. The number of alkyl halides is 3. The number of aryl methyl sites for hydroxylation is 2. The minimum Gasteiger partial charge on any atom is -0.507 e. The van der Waals surface area contributed by atoms with E-state index in [0.717, 1.165) is 112 Å². The number of benzene rings is 4. The van der Waals surface area contributed by atoms with Gasteiger partial charge in [0.2, 0.25) is 0 Å². The van der Waals surface area contributed by atoms with Gasteiger partial charge in [-0.15, -0.1) is 0 Å². The molecule has 0 unspecified atom stereocenters. The molecule has 1 aliphatic rings. The van der Waals surface area contributed by atoms with E-state index in [-0.39, 0.29) is 24.7 Å². The third-order valence-corrected chi connectivity index (χ3v) is 13.5. The number of phenolic OH excluding ortho intramolecular Hbond substituents is 2. The lowest BCUT2D eigenvalue weighted by atomic mass is 9.87. The highest BCUT2D eigenvalue weighted by Gasteiger charge is 2.38. The molecule has 11 N–H and O–H groups in total. The van der Waals surface area contributed by atoms with E-state index in [0.29, 0.717) is 89.0 Å². The van der Waals surface area contributed by atoms with Gasteiger partial charge in [-0.05, 0) is 168 Å². The first kappa shape index (κ1) is 57.0. The van der Waals surface area contributed by atoms with Gasteiger partial charge in [-0.25, -0.2) is 4.79 Å². The van der Waals surface area contributed by atoms with Gasteiger partial charge in [0.1, 0.15) is 36.2 Å². The van der Waals surface area contributed by atoms with Crippen molar-refractivity contribution in [3.63, 3.8) is 0 Å². The molecule has 8 bridgehead atoms. The molecule has 410 valence electrons. The Kier molecular flexibility index (Phi) is 18.7. The van der Waals surface area contributed by atoms with Gasteiger partial charge in [-0.2, -0.15) is 13.2 Å². The van der Waals surface area contributed by atoms with Crippen molar-refractivity contribution in [1.82, 2.24) is 19.9 Å². The van der Waals surface area contributed by atoms with Crippen LogP contribution in [0.1, 0.15) is 89.0 Å². The number of carboxylic acid groups (broad SMARTS) is 1. The van der Waals surface area contributed by atoms with Crippen LogP contribution in [0.2, 0.25) is 0 Å². The predicted molar refractivity (Wildman–Crippen MR) is 298 cm³/mol. The number of phenols is 2. The summed E-state index contributed by atoms with van der Waals surface area (Å²) in [5.41, 5.74) is 42.6. The first-order chi connectivity index (χ1) is 38.0. The number of rotatable bonds is 16. The Morgan fingerprint density at radius 3 is 0.949 bits per heavy atom. The first-order valence-corrected chi connectivity index (χ1v) is 26.1. The lowest BCUT2D eigenvalue weighted by Gasteiger charge is -2.23. The zero-order valence-electron chi connectivity index (χ0n) is 44.2. The van der Waals surface area contributed by atoms with Crippen LogP contribution in [0.3, 0.4) is 0 Å². The number of ether oxygens (including phenoxy) is 2. The molecule has 0 saturated carbocycles. The van der Waals surface area contributed by atoms with Crippen LogP contribution in [0.25, 0.3) is 22.8 Å². The second kappa shape index (κ2) is 26.0. The number of nitrogens with two attached hydrogens (primary N) is 4. The van der Waals surface area contributed by atoms with E-state index in [9.17, 15) is 23.4 Å².